The van der Waals surface area contributed by atoms with Gasteiger partial charge in [0.1, 0.15) is 22.8 Å². The van der Waals surface area contributed by atoms with Crippen molar-refractivity contribution in [1.29, 1.82) is 0 Å². The number of hydrogen-bond acceptors (Lipinski definition) is 4. The van der Waals surface area contributed by atoms with Crippen LogP contribution < -0.4 is 11.1 Å². The summed E-state index contributed by atoms with van der Waals surface area (Å²) in [5.74, 6) is -1.45. The van der Waals surface area contributed by atoms with Crippen molar-refractivity contribution >= 4 is 23.4 Å². The zero-order valence-electron chi connectivity index (χ0n) is 14.3. The number of nitrogens with zero attached hydrogens (tertiary/aromatic N) is 1. The Bertz CT molecular complexity index is 1010. The second-order valence-corrected chi connectivity index (χ2v) is 6.21. The van der Waals surface area contributed by atoms with E-state index < -0.39 is 17.6 Å². The van der Waals surface area contributed by atoms with Crippen molar-refractivity contribution < 1.29 is 18.5 Å². The summed E-state index contributed by atoms with van der Waals surface area (Å²) in [5.41, 5.74) is 6.38. The summed E-state index contributed by atoms with van der Waals surface area (Å²) in [6, 6.07) is 10.7. The van der Waals surface area contributed by atoms with E-state index in [0.717, 1.165) is 0 Å². The quantitative estimate of drug-likeness (QED) is 0.700. The van der Waals surface area contributed by atoms with Crippen molar-refractivity contribution in [1.82, 2.24) is 10.5 Å². The topological polar surface area (TPSA) is 98.2 Å². The molecule has 0 aliphatic heterocycles. The lowest BCUT2D eigenvalue weighted by Crippen LogP contribution is -2.24. The molecule has 2 aromatic carbocycles. The maximum absolute atomic E-state index is 14.2. The molecule has 27 heavy (non-hydrogen) atoms. The van der Waals surface area contributed by atoms with Crippen LogP contribution in [0.1, 0.15) is 32.0 Å². The predicted octanol–water partition coefficient (Wildman–Crippen LogP) is 3.47. The molecule has 0 fully saturated rings. The molecule has 6 nitrogen and oxygen atoms in total. The largest absolute Gasteiger partial charge is 0.366 e. The zero-order chi connectivity index (χ0) is 19.6. The van der Waals surface area contributed by atoms with Crippen molar-refractivity contribution in [3.8, 4) is 11.3 Å². The highest BCUT2D eigenvalue weighted by molar-refractivity contribution is 6.33. The van der Waals surface area contributed by atoms with Crippen molar-refractivity contribution in [3.63, 3.8) is 0 Å². The molecule has 0 saturated heterocycles. The molecule has 0 radical (unpaired) electrons. The monoisotopic (exact) mass is 387 g/mol. The van der Waals surface area contributed by atoms with E-state index in [4.69, 9.17) is 21.9 Å². The van der Waals surface area contributed by atoms with E-state index >= 15 is 0 Å². The van der Waals surface area contributed by atoms with Crippen LogP contribution in [0.3, 0.4) is 0 Å². The summed E-state index contributed by atoms with van der Waals surface area (Å²) in [7, 11) is 0. The van der Waals surface area contributed by atoms with E-state index in [-0.39, 0.29) is 34.1 Å². The fourth-order valence-corrected chi connectivity index (χ4v) is 2.89. The molecule has 0 atom stereocenters. The van der Waals surface area contributed by atoms with Crippen LogP contribution in [-0.2, 0) is 6.54 Å². The van der Waals surface area contributed by atoms with E-state index in [1.165, 1.54) is 18.2 Å². The molecule has 2 amide bonds. The Hall–Kier alpha value is -3.19. The number of halogens is 2. The first kappa shape index (κ1) is 18.6. The van der Waals surface area contributed by atoms with Gasteiger partial charge in [0.05, 0.1) is 10.6 Å². The SMILES string of the molecule is Cc1onc(-c2c(F)cccc2Cl)c1C(=O)NCc1cccc(C(N)=O)c1. The van der Waals surface area contributed by atoms with Gasteiger partial charge in [0.2, 0.25) is 5.91 Å². The zero-order valence-corrected chi connectivity index (χ0v) is 15.0. The van der Waals surface area contributed by atoms with Gasteiger partial charge in [-0.3, -0.25) is 9.59 Å². The summed E-state index contributed by atoms with van der Waals surface area (Å²) in [4.78, 5) is 23.9. The van der Waals surface area contributed by atoms with Crippen molar-refractivity contribution in [2.45, 2.75) is 13.5 Å². The minimum Gasteiger partial charge on any atom is -0.366 e. The molecule has 3 N–H and O–H groups in total. The second kappa shape index (κ2) is 7.59. The lowest BCUT2D eigenvalue weighted by molar-refractivity contribution is 0.0949. The van der Waals surface area contributed by atoms with Crippen molar-refractivity contribution in [2.75, 3.05) is 0 Å². The Morgan fingerprint density at radius 3 is 2.70 bits per heavy atom. The van der Waals surface area contributed by atoms with Crippen LogP contribution in [0.5, 0.6) is 0 Å². The summed E-state index contributed by atoms with van der Waals surface area (Å²) in [6.07, 6.45) is 0. The number of amides is 2. The molecular weight excluding hydrogens is 373 g/mol. The fourth-order valence-electron chi connectivity index (χ4n) is 2.64. The Labute approximate surface area is 159 Å². The molecule has 0 spiro atoms. The molecule has 1 heterocycles. The number of aryl methyl sites for hydroxylation is 1. The highest BCUT2D eigenvalue weighted by atomic mass is 35.5. The number of primary amides is 1. The van der Waals surface area contributed by atoms with Gasteiger partial charge in [0, 0.05) is 12.1 Å². The smallest absolute Gasteiger partial charge is 0.257 e. The van der Waals surface area contributed by atoms with Crippen LogP contribution in [0, 0.1) is 12.7 Å². The first-order valence-corrected chi connectivity index (χ1v) is 8.34. The summed E-state index contributed by atoms with van der Waals surface area (Å²) >= 11 is 6.07. The maximum Gasteiger partial charge on any atom is 0.257 e. The van der Waals surface area contributed by atoms with Crippen LogP contribution in [0.2, 0.25) is 5.02 Å². The summed E-state index contributed by atoms with van der Waals surface area (Å²) in [6.45, 7) is 1.68. The van der Waals surface area contributed by atoms with Gasteiger partial charge in [-0.2, -0.15) is 0 Å². The Morgan fingerprint density at radius 2 is 2.00 bits per heavy atom. The van der Waals surface area contributed by atoms with Gasteiger partial charge in [-0.1, -0.05) is 35.0 Å². The lowest BCUT2D eigenvalue weighted by atomic mass is 10.0. The van der Waals surface area contributed by atoms with Crippen molar-refractivity contribution in [2.24, 2.45) is 5.73 Å². The third kappa shape index (κ3) is 3.83. The van der Waals surface area contributed by atoms with Gasteiger partial charge >= 0.3 is 0 Å². The third-order valence-electron chi connectivity index (χ3n) is 3.95. The van der Waals surface area contributed by atoms with Crippen LogP contribution in [-0.4, -0.2) is 17.0 Å². The average Bonchev–Trinajstić information content (AvgIpc) is 3.01. The Balaban J connectivity index is 1.87. The number of rotatable bonds is 5. The first-order chi connectivity index (χ1) is 12.9. The molecule has 3 aromatic rings. The predicted molar refractivity (Wildman–Crippen MR) is 97.8 cm³/mol. The molecular formula is C19H15ClFN3O3. The van der Waals surface area contributed by atoms with E-state index in [9.17, 15) is 14.0 Å². The molecule has 0 unspecified atom stereocenters. The van der Waals surface area contributed by atoms with Gasteiger partial charge in [-0.25, -0.2) is 4.39 Å². The van der Waals surface area contributed by atoms with Crippen LogP contribution >= 0.6 is 11.6 Å². The third-order valence-corrected chi connectivity index (χ3v) is 4.27. The average molecular weight is 388 g/mol. The lowest BCUT2D eigenvalue weighted by Gasteiger charge is -2.08. The summed E-state index contributed by atoms with van der Waals surface area (Å²) in [5, 5.41) is 6.62. The number of benzene rings is 2. The van der Waals surface area contributed by atoms with E-state index in [2.05, 4.69) is 10.5 Å². The van der Waals surface area contributed by atoms with Crippen LogP contribution in [0.15, 0.2) is 47.0 Å². The molecule has 0 bridgehead atoms. The number of carbonyl (C=O) groups is 2. The molecule has 138 valence electrons. The molecule has 1 aromatic heterocycles. The number of carbonyl (C=O) groups excluding carboxylic acids is 2. The fraction of sp³-hybridized carbons (Fsp3) is 0.105. The highest BCUT2D eigenvalue weighted by Crippen LogP contribution is 2.33. The minimum atomic E-state index is -0.612. The van der Waals surface area contributed by atoms with Gasteiger partial charge in [-0.05, 0) is 36.8 Å². The van der Waals surface area contributed by atoms with Crippen LogP contribution in [0.25, 0.3) is 11.3 Å². The normalized spacial score (nSPS) is 10.6. The number of aromatic nitrogens is 1. The minimum absolute atomic E-state index is 0.00288. The van der Waals surface area contributed by atoms with Crippen molar-refractivity contribution in [3.05, 3.63) is 75.8 Å². The number of nitrogens with two attached hydrogens (primary N) is 1. The maximum atomic E-state index is 14.2. The van der Waals surface area contributed by atoms with E-state index in [1.54, 1.807) is 31.2 Å². The standard InChI is InChI=1S/C19H15ClFN3O3/c1-10-15(17(24-27-10)16-13(20)6-3-7-14(16)21)19(26)23-9-11-4-2-5-12(8-11)18(22)25/h2-8H,9H2,1H3,(H2,22,25)(H,23,26). The molecule has 0 aliphatic rings. The molecule has 8 heteroatoms. The van der Waals surface area contributed by atoms with E-state index in [0.29, 0.717) is 11.1 Å². The van der Waals surface area contributed by atoms with Gasteiger partial charge < -0.3 is 15.6 Å². The molecule has 0 aliphatic carbocycles. The second-order valence-electron chi connectivity index (χ2n) is 5.81. The Morgan fingerprint density at radius 1 is 1.26 bits per heavy atom. The molecule has 0 saturated carbocycles. The van der Waals surface area contributed by atoms with Gasteiger partial charge in [0.25, 0.3) is 5.91 Å². The Kier molecular flexibility index (Phi) is 5.23. The number of hydrogen-bond donors (Lipinski definition) is 2. The number of nitrogens with one attached hydrogen (secondary N) is 1. The van der Waals surface area contributed by atoms with Gasteiger partial charge in [0.15, 0.2) is 0 Å². The first-order valence-electron chi connectivity index (χ1n) is 7.96. The van der Waals surface area contributed by atoms with E-state index in [1.807, 2.05) is 0 Å². The van der Waals surface area contributed by atoms with Gasteiger partial charge in [-0.15, -0.1) is 0 Å². The summed E-state index contributed by atoms with van der Waals surface area (Å²) < 4.78 is 19.3. The highest BCUT2D eigenvalue weighted by Gasteiger charge is 2.25. The molecule has 3 rings (SSSR count). The van der Waals surface area contributed by atoms with Crippen LogP contribution in [0.4, 0.5) is 4.39 Å².